The number of thiophene rings is 1. The van der Waals surface area contributed by atoms with Crippen LogP contribution in [-0.4, -0.2) is 60.5 Å². The maximum atomic E-state index is 12.3. The molecule has 0 aromatic carbocycles. The lowest BCUT2D eigenvalue weighted by molar-refractivity contribution is -0.135. The van der Waals surface area contributed by atoms with E-state index in [2.05, 4.69) is 15.5 Å². The first-order valence-electron chi connectivity index (χ1n) is 8.67. The van der Waals surface area contributed by atoms with E-state index in [0.29, 0.717) is 11.3 Å². The molecular formula is C17H27ClN4O4S. The van der Waals surface area contributed by atoms with E-state index in [1.54, 1.807) is 26.2 Å². The van der Waals surface area contributed by atoms with Crippen LogP contribution in [0.4, 0.5) is 0 Å². The summed E-state index contributed by atoms with van der Waals surface area (Å²) in [6.07, 6.45) is 0.844. The average Bonchev–Trinajstić information content (AvgIpc) is 3.18. The van der Waals surface area contributed by atoms with E-state index in [9.17, 15) is 19.5 Å². The van der Waals surface area contributed by atoms with Crippen molar-refractivity contribution in [3.8, 4) is 0 Å². The normalized spacial score (nSPS) is 14.1. The molecule has 152 valence electrons. The molecule has 1 aromatic rings. The molecule has 0 fully saturated rings. The Kier molecular flexibility index (Phi) is 10.3. The predicted molar refractivity (Wildman–Crippen MR) is 105 cm³/mol. The highest BCUT2D eigenvalue weighted by Gasteiger charge is 2.27. The molecule has 1 heterocycles. The Balaban J connectivity index is 2.61. The van der Waals surface area contributed by atoms with E-state index in [0.717, 1.165) is 12.8 Å². The van der Waals surface area contributed by atoms with Gasteiger partial charge in [-0.1, -0.05) is 25.8 Å². The third-order valence-corrected chi connectivity index (χ3v) is 5.12. The van der Waals surface area contributed by atoms with Gasteiger partial charge in [-0.2, -0.15) is 0 Å². The molecule has 0 bridgehead atoms. The van der Waals surface area contributed by atoms with Crippen LogP contribution in [0.3, 0.4) is 0 Å². The SMILES string of the molecule is CCCCC(NCl)C(O)C(=O)NCC(=O)N[C@H](C(=O)N(C)C)c1cccs1. The zero-order valence-electron chi connectivity index (χ0n) is 15.7. The number of nitrogens with one attached hydrogen (secondary N) is 3. The second-order valence-electron chi connectivity index (χ2n) is 6.27. The molecule has 0 aliphatic carbocycles. The number of halogens is 1. The van der Waals surface area contributed by atoms with Gasteiger partial charge in [-0.3, -0.25) is 14.4 Å². The zero-order chi connectivity index (χ0) is 20.4. The number of carbonyl (C=O) groups excluding carboxylic acids is 3. The van der Waals surface area contributed by atoms with Gasteiger partial charge in [0.05, 0.1) is 12.6 Å². The minimum absolute atomic E-state index is 0.275. The first kappa shape index (κ1) is 23.4. The Bertz CT molecular complexity index is 612. The Labute approximate surface area is 168 Å². The molecule has 3 atom stereocenters. The van der Waals surface area contributed by atoms with Crippen LogP contribution in [0.5, 0.6) is 0 Å². The first-order chi connectivity index (χ1) is 12.8. The standard InChI is InChI=1S/C17H27ClN4O4S/c1-4-5-7-11(21-18)15(24)16(25)19-10-13(23)20-14(17(26)22(2)3)12-8-6-9-27-12/h6,8-9,11,14-15,21,24H,4-5,7,10H2,1-3H3,(H,19,25)(H,20,23)/t11?,14-,15?/m0/s1. The van der Waals surface area contributed by atoms with E-state index in [1.165, 1.54) is 16.2 Å². The number of carbonyl (C=O) groups is 3. The number of nitrogens with zero attached hydrogens (tertiary/aromatic N) is 1. The highest BCUT2D eigenvalue weighted by atomic mass is 35.5. The molecule has 8 nitrogen and oxygen atoms in total. The van der Waals surface area contributed by atoms with Crippen molar-refractivity contribution in [2.24, 2.45) is 0 Å². The molecule has 0 spiro atoms. The van der Waals surface area contributed by atoms with Crippen LogP contribution in [0.25, 0.3) is 0 Å². The van der Waals surface area contributed by atoms with Crippen molar-refractivity contribution in [2.45, 2.75) is 44.4 Å². The van der Waals surface area contributed by atoms with Crippen LogP contribution in [0.2, 0.25) is 0 Å². The molecule has 0 aliphatic heterocycles. The monoisotopic (exact) mass is 418 g/mol. The molecule has 0 radical (unpaired) electrons. The summed E-state index contributed by atoms with van der Waals surface area (Å²) in [5, 5.41) is 16.9. The summed E-state index contributed by atoms with van der Waals surface area (Å²) in [6, 6.07) is 2.11. The van der Waals surface area contributed by atoms with Crippen molar-refractivity contribution in [1.29, 1.82) is 0 Å². The summed E-state index contributed by atoms with van der Waals surface area (Å²) < 4.78 is 0. The summed E-state index contributed by atoms with van der Waals surface area (Å²) >= 11 is 6.94. The van der Waals surface area contributed by atoms with Crippen molar-refractivity contribution >= 4 is 40.8 Å². The first-order valence-corrected chi connectivity index (χ1v) is 9.93. The topological polar surface area (TPSA) is 111 Å². The average molecular weight is 419 g/mol. The van der Waals surface area contributed by atoms with Crippen LogP contribution in [0.15, 0.2) is 17.5 Å². The summed E-state index contributed by atoms with van der Waals surface area (Å²) in [5.41, 5.74) is 0. The van der Waals surface area contributed by atoms with Crippen LogP contribution < -0.4 is 15.5 Å². The van der Waals surface area contributed by atoms with E-state index < -0.39 is 30.0 Å². The highest BCUT2D eigenvalue weighted by Crippen LogP contribution is 2.20. The van der Waals surface area contributed by atoms with Gasteiger partial charge in [-0.05, 0) is 29.6 Å². The number of aliphatic hydroxyl groups excluding tert-OH is 1. The number of aliphatic hydroxyl groups is 1. The van der Waals surface area contributed by atoms with E-state index in [1.807, 2.05) is 12.3 Å². The van der Waals surface area contributed by atoms with Gasteiger partial charge in [0.15, 0.2) is 0 Å². The predicted octanol–water partition coefficient (Wildman–Crippen LogP) is 0.773. The summed E-state index contributed by atoms with van der Waals surface area (Å²) in [6.45, 7) is 1.63. The minimum atomic E-state index is -1.38. The van der Waals surface area contributed by atoms with Crippen molar-refractivity contribution in [3.63, 3.8) is 0 Å². The molecule has 1 aromatic heterocycles. The second kappa shape index (κ2) is 11.9. The van der Waals surface area contributed by atoms with Gasteiger partial charge in [0.2, 0.25) is 11.8 Å². The fourth-order valence-corrected chi connectivity index (χ4v) is 3.33. The molecule has 3 amide bonds. The van der Waals surface area contributed by atoms with Gasteiger partial charge >= 0.3 is 0 Å². The lowest BCUT2D eigenvalue weighted by Gasteiger charge is -2.22. The summed E-state index contributed by atoms with van der Waals surface area (Å²) in [5.74, 6) is -1.51. The second-order valence-corrected chi connectivity index (χ2v) is 7.47. The van der Waals surface area contributed by atoms with E-state index in [-0.39, 0.29) is 12.5 Å². The lowest BCUT2D eigenvalue weighted by Crippen LogP contribution is -2.49. The Morgan fingerprint density at radius 3 is 2.56 bits per heavy atom. The Morgan fingerprint density at radius 1 is 1.33 bits per heavy atom. The molecule has 1 rings (SSSR count). The minimum Gasteiger partial charge on any atom is -0.382 e. The molecule has 27 heavy (non-hydrogen) atoms. The lowest BCUT2D eigenvalue weighted by atomic mass is 10.0. The van der Waals surface area contributed by atoms with Gasteiger partial charge in [0, 0.05) is 19.0 Å². The van der Waals surface area contributed by atoms with Crippen molar-refractivity contribution in [2.75, 3.05) is 20.6 Å². The molecule has 0 aliphatic rings. The molecular weight excluding hydrogens is 392 g/mol. The molecule has 10 heteroatoms. The number of likely N-dealkylation sites (N-methyl/N-ethyl adjacent to an activating group) is 1. The number of amides is 3. The third-order valence-electron chi connectivity index (χ3n) is 3.90. The van der Waals surface area contributed by atoms with Gasteiger partial charge in [-0.25, -0.2) is 4.84 Å². The Morgan fingerprint density at radius 2 is 2.04 bits per heavy atom. The van der Waals surface area contributed by atoms with Gasteiger partial charge in [0.1, 0.15) is 12.1 Å². The number of unbranched alkanes of at least 4 members (excludes halogenated alkanes) is 1. The van der Waals surface area contributed by atoms with Crippen LogP contribution >= 0.6 is 23.1 Å². The molecule has 4 N–H and O–H groups in total. The summed E-state index contributed by atoms with van der Waals surface area (Å²) in [7, 11) is 3.20. The van der Waals surface area contributed by atoms with E-state index >= 15 is 0 Å². The largest absolute Gasteiger partial charge is 0.382 e. The molecule has 0 saturated carbocycles. The molecule has 2 unspecified atom stereocenters. The maximum Gasteiger partial charge on any atom is 0.250 e. The Hall–Kier alpha value is -1.68. The van der Waals surface area contributed by atoms with Gasteiger partial charge in [0.25, 0.3) is 5.91 Å². The maximum absolute atomic E-state index is 12.3. The number of hydrogen-bond acceptors (Lipinski definition) is 6. The smallest absolute Gasteiger partial charge is 0.250 e. The zero-order valence-corrected chi connectivity index (χ0v) is 17.3. The van der Waals surface area contributed by atoms with Gasteiger partial charge in [-0.15, -0.1) is 11.3 Å². The summed E-state index contributed by atoms with van der Waals surface area (Å²) in [4.78, 5) is 41.0. The van der Waals surface area contributed by atoms with E-state index in [4.69, 9.17) is 11.8 Å². The van der Waals surface area contributed by atoms with Crippen LogP contribution in [0, 0.1) is 0 Å². The fraction of sp³-hybridized carbons (Fsp3) is 0.588. The number of hydrogen-bond donors (Lipinski definition) is 4. The quantitative estimate of drug-likeness (QED) is 0.397. The van der Waals surface area contributed by atoms with Crippen LogP contribution in [-0.2, 0) is 14.4 Å². The van der Waals surface area contributed by atoms with Crippen molar-refractivity contribution < 1.29 is 19.5 Å². The number of rotatable bonds is 11. The van der Waals surface area contributed by atoms with Crippen LogP contribution in [0.1, 0.15) is 37.1 Å². The third kappa shape index (κ3) is 7.45. The highest BCUT2D eigenvalue weighted by molar-refractivity contribution is 7.10. The van der Waals surface area contributed by atoms with Crippen molar-refractivity contribution in [1.82, 2.24) is 20.4 Å². The van der Waals surface area contributed by atoms with Gasteiger partial charge < -0.3 is 20.6 Å². The molecule has 0 saturated heterocycles. The van der Waals surface area contributed by atoms with Crippen molar-refractivity contribution in [3.05, 3.63) is 22.4 Å². The fourth-order valence-electron chi connectivity index (χ4n) is 2.33.